The first kappa shape index (κ1) is 17.9. The maximum Gasteiger partial charge on any atom is 0.407 e. The van der Waals surface area contributed by atoms with Crippen molar-refractivity contribution < 1.29 is 14.3 Å². The number of terminal acetylenes is 1. The first-order valence-electron chi connectivity index (χ1n) is 8.14. The molecule has 0 spiro atoms. The third kappa shape index (κ3) is 5.02. The lowest BCUT2D eigenvalue weighted by Crippen LogP contribution is -2.50. The molecule has 0 bridgehead atoms. The van der Waals surface area contributed by atoms with Gasteiger partial charge in [-0.25, -0.2) is 4.79 Å². The molecule has 0 unspecified atom stereocenters. The number of hydrogen-bond acceptors (Lipinski definition) is 3. The minimum Gasteiger partial charge on any atom is -0.444 e. The number of carbonyl (C=O) groups is 2. The molecule has 24 heavy (non-hydrogen) atoms. The normalized spacial score (nSPS) is 17.8. The van der Waals surface area contributed by atoms with E-state index in [9.17, 15) is 9.59 Å². The van der Waals surface area contributed by atoms with Crippen LogP contribution in [0.25, 0.3) is 0 Å². The second-order valence-electron chi connectivity index (χ2n) is 6.96. The van der Waals surface area contributed by atoms with Crippen LogP contribution in [0.3, 0.4) is 0 Å². The van der Waals surface area contributed by atoms with Crippen molar-refractivity contribution in [1.82, 2.24) is 10.2 Å². The van der Waals surface area contributed by atoms with Crippen molar-refractivity contribution in [1.29, 1.82) is 0 Å². The number of rotatable bonds is 2. The van der Waals surface area contributed by atoms with E-state index in [1.54, 1.807) is 29.2 Å². The second-order valence-corrected chi connectivity index (χ2v) is 6.96. The SMILES string of the molecule is C#Cc1cccc(C(=O)N2CCC[C@@H](NC(=O)OC(C)(C)C)C2)c1. The number of benzene rings is 1. The smallest absolute Gasteiger partial charge is 0.407 e. The van der Waals surface area contributed by atoms with Gasteiger partial charge in [0.2, 0.25) is 0 Å². The Morgan fingerprint density at radius 3 is 2.79 bits per heavy atom. The van der Waals surface area contributed by atoms with Crippen LogP contribution in [0.5, 0.6) is 0 Å². The summed E-state index contributed by atoms with van der Waals surface area (Å²) < 4.78 is 5.28. The third-order valence-corrected chi connectivity index (χ3v) is 3.71. The van der Waals surface area contributed by atoms with Gasteiger partial charge in [0.05, 0.1) is 0 Å². The zero-order valence-electron chi connectivity index (χ0n) is 14.5. The molecule has 1 saturated heterocycles. The first-order valence-corrected chi connectivity index (χ1v) is 8.14. The summed E-state index contributed by atoms with van der Waals surface area (Å²) in [7, 11) is 0. The average molecular weight is 328 g/mol. The zero-order chi connectivity index (χ0) is 17.7. The molecule has 1 heterocycles. The maximum atomic E-state index is 12.6. The van der Waals surface area contributed by atoms with E-state index in [-0.39, 0.29) is 11.9 Å². The fourth-order valence-electron chi connectivity index (χ4n) is 2.68. The van der Waals surface area contributed by atoms with Crippen molar-refractivity contribution in [3.63, 3.8) is 0 Å². The van der Waals surface area contributed by atoms with Crippen LogP contribution in [0.15, 0.2) is 24.3 Å². The molecule has 1 fully saturated rings. The summed E-state index contributed by atoms with van der Waals surface area (Å²) in [6.07, 6.45) is 6.60. The molecule has 1 N–H and O–H groups in total. The summed E-state index contributed by atoms with van der Waals surface area (Å²) in [6.45, 7) is 6.61. The molecular weight excluding hydrogens is 304 g/mol. The van der Waals surface area contributed by atoms with Crippen molar-refractivity contribution >= 4 is 12.0 Å². The number of nitrogens with one attached hydrogen (secondary N) is 1. The Labute approximate surface area is 143 Å². The highest BCUT2D eigenvalue weighted by atomic mass is 16.6. The van der Waals surface area contributed by atoms with Gasteiger partial charge in [-0.15, -0.1) is 6.42 Å². The van der Waals surface area contributed by atoms with Gasteiger partial charge in [-0.1, -0.05) is 12.0 Å². The van der Waals surface area contributed by atoms with Crippen LogP contribution in [0.2, 0.25) is 0 Å². The molecule has 5 nitrogen and oxygen atoms in total. The lowest BCUT2D eigenvalue weighted by Gasteiger charge is -2.33. The molecular formula is C19H24N2O3. The Bertz CT molecular complexity index is 655. The Balaban J connectivity index is 1.98. The summed E-state index contributed by atoms with van der Waals surface area (Å²) in [6, 6.07) is 6.94. The van der Waals surface area contributed by atoms with Crippen LogP contribution >= 0.6 is 0 Å². The zero-order valence-corrected chi connectivity index (χ0v) is 14.5. The number of ether oxygens (including phenoxy) is 1. The Kier molecular flexibility index (Phi) is 5.50. The lowest BCUT2D eigenvalue weighted by atomic mass is 10.0. The monoisotopic (exact) mass is 328 g/mol. The molecule has 2 amide bonds. The van der Waals surface area contributed by atoms with Gasteiger partial charge in [0.25, 0.3) is 5.91 Å². The fraction of sp³-hybridized carbons (Fsp3) is 0.474. The van der Waals surface area contributed by atoms with E-state index in [1.165, 1.54) is 0 Å². The average Bonchev–Trinajstić information content (AvgIpc) is 2.52. The van der Waals surface area contributed by atoms with E-state index in [0.717, 1.165) is 12.8 Å². The molecule has 1 aromatic rings. The van der Waals surface area contributed by atoms with Crippen molar-refractivity contribution in [3.05, 3.63) is 35.4 Å². The molecule has 5 heteroatoms. The Morgan fingerprint density at radius 1 is 1.38 bits per heavy atom. The Morgan fingerprint density at radius 2 is 2.12 bits per heavy atom. The standard InChI is InChI=1S/C19H24N2O3/c1-5-14-8-6-9-15(12-14)17(22)21-11-7-10-16(13-21)20-18(23)24-19(2,3)4/h1,6,8-9,12,16H,7,10-11,13H2,2-4H3,(H,20,23)/t16-/m1/s1. The van der Waals surface area contributed by atoms with E-state index in [4.69, 9.17) is 11.2 Å². The van der Waals surface area contributed by atoms with E-state index < -0.39 is 11.7 Å². The molecule has 1 aromatic carbocycles. The quantitative estimate of drug-likeness (QED) is 0.849. The molecule has 0 saturated carbocycles. The summed E-state index contributed by atoms with van der Waals surface area (Å²) in [4.78, 5) is 26.3. The highest BCUT2D eigenvalue weighted by molar-refractivity contribution is 5.94. The van der Waals surface area contributed by atoms with E-state index in [1.807, 2.05) is 20.8 Å². The number of hydrogen-bond donors (Lipinski definition) is 1. The summed E-state index contributed by atoms with van der Waals surface area (Å²) >= 11 is 0. The summed E-state index contributed by atoms with van der Waals surface area (Å²) in [5, 5.41) is 2.85. The number of carbonyl (C=O) groups excluding carboxylic acids is 2. The highest BCUT2D eigenvalue weighted by Crippen LogP contribution is 2.16. The number of piperidine rings is 1. The minimum atomic E-state index is -0.538. The third-order valence-electron chi connectivity index (χ3n) is 3.71. The van der Waals surface area contributed by atoms with Gasteiger partial charge in [0.15, 0.2) is 0 Å². The largest absolute Gasteiger partial charge is 0.444 e. The van der Waals surface area contributed by atoms with Gasteiger partial charge in [0, 0.05) is 30.3 Å². The predicted molar refractivity (Wildman–Crippen MR) is 92.7 cm³/mol. The van der Waals surface area contributed by atoms with Crippen molar-refractivity contribution in [2.24, 2.45) is 0 Å². The van der Waals surface area contributed by atoms with Crippen molar-refractivity contribution in [2.75, 3.05) is 13.1 Å². The molecule has 2 rings (SSSR count). The van der Waals surface area contributed by atoms with Gasteiger partial charge >= 0.3 is 6.09 Å². The van der Waals surface area contributed by atoms with E-state index in [2.05, 4.69) is 11.2 Å². The Hall–Kier alpha value is -2.48. The van der Waals surface area contributed by atoms with Crippen LogP contribution in [0, 0.1) is 12.3 Å². The van der Waals surface area contributed by atoms with Gasteiger partial charge in [-0.05, 0) is 51.8 Å². The lowest BCUT2D eigenvalue weighted by molar-refractivity contribution is 0.0452. The number of alkyl carbamates (subject to hydrolysis) is 1. The molecule has 128 valence electrons. The van der Waals surface area contributed by atoms with Crippen LogP contribution in [0.4, 0.5) is 4.79 Å². The molecule has 1 aliphatic heterocycles. The predicted octanol–water partition coefficient (Wildman–Crippen LogP) is 2.80. The van der Waals surface area contributed by atoms with Gasteiger partial charge in [0.1, 0.15) is 5.60 Å². The van der Waals surface area contributed by atoms with Crippen molar-refractivity contribution in [2.45, 2.75) is 45.3 Å². The van der Waals surface area contributed by atoms with Crippen LogP contribution < -0.4 is 5.32 Å². The van der Waals surface area contributed by atoms with Crippen molar-refractivity contribution in [3.8, 4) is 12.3 Å². The van der Waals surface area contributed by atoms with Crippen LogP contribution in [-0.2, 0) is 4.74 Å². The number of nitrogens with zero attached hydrogens (tertiary/aromatic N) is 1. The minimum absolute atomic E-state index is 0.0669. The molecule has 0 aromatic heterocycles. The molecule has 0 radical (unpaired) electrons. The number of likely N-dealkylation sites (tertiary alicyclic amines) is 1. The summed E-state index contributed by atoms with van der Waals surface area (Å²) in [5.41, 5.74) is 0.717. The van der Waals surface area contributed by atoms with E-state index in [0.29, 0.717) is 24.2 Å². The highest BCUT2D eigenvalue weighted by Gasteiger charge is 2.27. The first-order chi connectivity index (χ1) is 11.3. The molecule has 1 aliphatic rings. The van der Waals surface area contributed by atoms with Crippen LogP contribution in [-0.4, -0.2) is 41.6 Å². The van der Waals surface area contributed by atoms with E-state index >= 15 is 0 Å². The number of amides is 2. The fourth-order valence-corrected chi connectivity index (χ4v) is 2.68. The van der Waals surface area contributed by atoms with Gasteiger partial charge in [-0.3, -0.25) is 4.79 Å². The topological polar surface area (TPSA) is 58.6 Å². The summed E-state index contributed by atoms with van der Waals surface area (Å²) in [5.74, 6) is 2.47. The maximum absolute atomic E-state index is 12.6. The van der Waals surface area contributed by atoms with Gasteiger partial charge in [-0.2, -0.15) is 0 Å². The van der Waals surface area contributed by atoms with Gasteiger partial charge < -0.3 is 15.0 Å². The molecule has 1 atom stereocenters. The second kappa shape index (κ2) is 7.39. The molecule has 0 aliphatic carbocycles. The van der Waals surface area contributed by atoms with Crippen LogP contribution in [0.1, 0.15) is 49.5 Å².